The highest BCUT2D eigenvalue weighted by molar-refractivity contribution is 6.03. The maximum atomic E-state index is 12.8. The average Bonchev–Trinajstić information content (AvgIpc) is 3.03. The molecule has 0 saturated heterocycles. The number of aryl methyl sites for hydroxylation is 1. The lowest BCUT2D eigenvalue weighted by Gasteiger charge is -2.23. The molecule has 0 saturated carbocycles. The van der Waals surface area contributed by atoms with E-state index in [1.54, 1.807) is 30.3 Å². The van der Waals surface area contributed by atoms with Gasteiger partial charge in [-0.15, -0.1) is 0 Å². The predicted molar refractivity (Wildman–Crippen MR) is 113 cm³/mol. The van der Waals surface area contributed by atoms with Crippen LogP contribution in [0, 0.1) is 6.92 Å². The van der Waals surface area contributed by atoms with Crippen LogP contribution in [0.3, 0.4) is 0 Å². The van der Waals surface area contributed by atoms with Gasteiger partial charge < -0.3 is 10.2 Å². The van der Waals surface area contributed by atoms with Crippen LogP contribution in [0.25, 0.3) is 0 Å². The molecule has 0 radical (unpaired) electrons. The van der Waals surface area contributed by atoms with Gasteiger partial charge in [0.1, 0.15) is 5.69 Å². The van der Waals surface area contributed by atoms with Gasteiger partial charge in [-0.25, -0.2) is 9.97 Å². The molecule has 1 aromatic heterocycles. The molecule has 1 atom stereocenters. The molecule has 4 rings (SSSR count). The first kappa shape index (κ1) is 18.8. The fourth-order valence-electron chi connectivity index (χ4n) is 3.63. The van der Waals surface area contributed by atoms with Crippen molar-refractivity contribution >= 4 is 29.0 Å². The van der Waals surface area contributed by atoms with Crippen LogP contribution < -0.4 is 10.2 Å². The van der Waals surface area contributed by atoms with E-state index in [1.807, 2.05) is 19.1 Å². The number of anilines is 3. The van der Waals surface area contributed by atoms with Crippen molar-refractivity contribution in [3.63, 3.8) is 0 Å². The Morgan fingerprint density at radius 2 is 1.79 bits per heavy atom. The lowest BCUT2D eigenvalue weighted by atomic mass is 10.1. The second-order valence-corrected chi connectivity index (χ2v) is 7.33. The summed E-state index contributed by atoms with van der Waals surface area (Å²) in [4.78, 5) is 35.4. The van der Waals surface area contributed by atoms with Crippen molar-refractivity contribution in [2.24, 2.45) is 0 Å². The molecule has 2 heterocycles. The Hall–Kier alpha value is -3.54. The standard InChI is InChI=1S/C23H22N4O2/c1-14-12-20(22(29)25-19-10-8-17(9-11-19)16(3)28)26-23(24-14)27-15(2)13-18-6-4-5-7-21(18)27/h4-12,15H,13H2,1-3H3,(H,25,29). The third-order valence-electron chi connectivity index (χ3n) is 5.05. The molecule has 0 fully saturated rings. The van der Waals surface area contributed by atoms with E-state index < -0.39 is 0 Å². The number of rotatable bonds is 4. The second-order valence-electron chi connectivity index (χ2n) is 7.33. The number of nitrogens with one attached hydrogen (secondary N) is 1. The molecule has 2 aromatic carbocycles. The lowest BCUT2D eigenvalue weighted by molar-refractivity contribution is 0.101. The summed E-state index contributed by atoms with van der Waals surface area (Å²) in [7, 11) is 0. The van der Waals surface area contributed by atoms with E-state index in [9.17, 15) is 9.59 Å². The molecule has 1 N–H and O–H groups in total. The van der Waals surface area contributed by atoms with Gasteiger partial charge in [0.2, 0.25) is 5.95 Å². The second kappa shape index (κ2) is 7.47. The zero-order chi connectivity index (χ0) is 20.5. The fraction of sp³-hybridized carbons (Fsp3) is 0.217. The molecule has 0 bridgehead atoms. The number of carbonyl (C=O) groups excluding carboxylic acids is 2. The summed E-state index contributed by atoms with van der Waals surface area (Å²) < 4.78 is 0. The third kappa shape index (κ3) is 3.74. The minimum Gasteiger partial charge on any atom is -0.321 e. The van der Waals surface area contributed by atoms with E-state index >= 15 is 0 Å². The topological polar surface area (TPSA) is 75.2 Å². The number of hydrogen-bond acceptors (Lipinski definition) is 5. The molecule has 6 nitrogen and oxygen atoms in total. The van der Waals surface area contributed by atoms with Crippen LogP contribution >= 0.6 is 0 Å². The molecule has 6 heteroatoms. The summed E-state index contributed by atoms with van der Waals surface area (Å²) >= 11 is 0. The molecule has 29 heavy (non-hydrogen) atoms. The van der Waals surface area contributed by atoms with Gasteiger partial charge in [-0.3, -0.25) is 9.59 Å². The molecule has 1 aliphatic rings. The quantitative estimate of drug-likeness (QED) is 0.676. The Kier molecular flexibility index (Phi) is 4.84. The van der Waals surface area contributed by atoms with Crippen molar-refractivity contribution in [1.82, 2.24) is 9.97 Å². The Balaban J connectivity index is 1.62. The number of nitrogens with zero attached hydrogens (tertiary/aromatic N) is 3. The fourth-order valence-corrected chi connectivity index (χ4v) is 3.63. The van der Waals surface area contributed by atoms with Gasteiger partial charge in [0.25, 0.3) is 5.91 Å². The van der Waals surface area contributed by atoms with Crippen molar-refractivity contribution in [3.05, 3.63) is 77.1 Å². The molecular formula is C23H22N4O2. The van der Waals surface area contributed by atoms with Gasteiger partial charge in [-0.05, 0) is 69.2 Å². The largest absolute Gasteiger partial charge is 0.321 e. The summed E-state index contributed by atoms with van der Waals surface area (Å²) in [5.41, 5.74) is 4.57. The van der Waals surface area contributed by atoms with E-state index in [2.05, 4.69) is 39.2 Å². The van der Waals surface area contributed by atoms with E-state index in [-0.39, 0.29) is 17.7 Å². The maximum Gasteiger partial charge on any atom is 0.274 e. The van der Waals surface area contributed by atoms with Crippen LogP contribution in [0.4, 0.5) is 17.3 Å². The Morgan fingerprint density at radius 3 is 2.52 bits per heavy atom. The van der Waals surface area contributed by atoms with Crippen LogP contribution in [0.1, 0.15) is 46.0 Å². The number of fused-ring (bicyclic) bond motifs is 1. The molecule has 1 unspecified atom stereocenters. The van der Waals surface area contributed by atoms with E-state index in [4.69, 9.17) is 0 Å². The predicted octanol–water partition coefficient (Wildman–Crippen LogP) is 4.32. The van der Waals surface area contributed by atoms with Gasteiger partial charge in [-0.1, -0.05) is 18.2 Å². The highest BCUT2D eigenvalue weighted by atomic mass is 16.2. The van der Waals surface area contributed by atoms with Crippen molar-refractivity contribution in [1.29, 1.82) is 0 Å². The highest BCUT2D eigenvalue weighted by Gasteiger charge is 2.29. The minimum atomic E-state index is -0.313. The number of aromatic nitrogens is 2. The van der Waals surface area contributed by atoms with Gasteiger partial charge in [-0.2, -0.15) is 0 Å². The zero-order valence-electron chi connectivity index (χ0n) is 16.6. The summed E-state index contributed by atoms with van der Waals surface area (Å²) in [6.07, 6.45) is 0.914. The normalized spacial score (nSPS) is 15.1. The number of hydrogen-bond donors (Lipinski definition) is 1. The molecule has 1 aliphatic heterocycles. The van der Waals surface area contributed by atoms with Crippen LogP contribution in [-0.2, 0) is 6.42 Å². The minimum absolute atomic E-state index is 0.0149. The molecular weight excluding hydrogens is 364 g/mol. The first-order valence-corrected chi connectivity index (χ1v) is 9.57. The van der Waals surface area contributed by atoms with Crippen molar-refractivity contribution in [3.8, 4) is 0 Å². The SMILES string of the molecule is CC(=O)c1ccc(NC(=O)c2cc(C)nc(N3c4ccccc4CC3C)n2)cc1. The highest BCUT2D eigenvalue weighted by Crippen LogP contribution is 2.36. The molecule has 146 valence electrons. The molecule has 3 aromatic rings. The van der Waals surface area contributed by atoms with Crippen LogP contribution in [0.5, 0.6) is 0 Å². The van der Waals surface area contributed by atoms with Crippen molar-refractivity contribution in [2.45, 2.75) is 33.2 Å². The van der Waals surface area contributed by atoms with Gasteiger partial charge in [0, 0.05) is 28.7 Å². The number of para-hydroxylation sites is 1. The van der Waals surface area contributed by atoms with Crippen LogP contribution in [-0.4, -0.2) is 27.7 Å². The number of amides is 1. The number of carbonyl (C=O) groups is 2. The lowest BCUT2D eigenvalue weighted by Crippen LogP contribution is -2.27. The zero-order valence-corrected chi connectivity index (χ0v) is 16.6. The first-order chi connectivity index (χ1) is 13.9. The monoisotopic (exact) mass is 386 g/mol. The number of Topliss-reactive ketones (excluding diaryl/α,β-unsaturated/α-hetero) is 1. The molecule has 0 aliphatic carbocycles. The average molecular weight is 386 g/mol. The summed E-state index contributed by atoms with van der Waals surface area (Å²) in [5.74, 6) is 0.200. The maximum absolute atomic E-state index is 12.8. The van der Waals surface area contributed by atoms with Crippen molar-refractivity contribution in [2.75, 3.05) is 10.2 Å². The Morgan fingerprint density at radius 1 is 1.07 bits per heavy atom. The molecule has 1 amide bonds. The number of benzene rings is 2. The van der Waals surface area contributed by atoms with Gasteiger partial charge in [0.15, 0.2) is 5.78 Å². The summed E-state index contributed by atoms with van der Waals surface area (Å²) in [5, 5.41) is 2.84. The van der Waals surface area contributed by atoms with Crippen LogP contribution in [0.15, 0.2) is 54.6 Å². The van der Waals surface area contributed by atoms with Crippen LogP contribution in [0.2, 0.25) is 0 Å². The number of ketones is 1. The van der Waals surface area contributed by atoms with Crippen molar-refractivity contribution < 1.29 is 9.59 Å². The van der Waals surface area contributed by atoms with Gasteiger partial charge in [0.05, 0.1) is 0 Å². The Labute approximate surface area is 169 Å². The third-order valence-corrected chi connectivity index (χ3v) is 5.05. The van der Waals surface area contributed by atoms with E-state index in [0.717, 1.165) is 17.8 Å². The summed E-state index contributed by atoms with van der Waals surface area (Å²) in [6, 6.07) is 16.9. The Bertz CT molecular complexity index is 1090. The van der Waals surface area contributed by atoms with E-state index in [1.165, 1.54) is 12.5 Å². The molecule has 0 spiro atoms. The smallest absolute Gasteiger partial charge is 0.274 e. The first-order valence-electron chi connectivity index (χ1n) is 9.57. The van der Waals surface area contributed by atoms with Gasteiger partial charge >= 0.3 is 0 Å². The summed E-state index contributed by atoms with van der Waals surface area (Å²) in [6.45, 7) is 5.49. The van der Waals surface area contributed by atoms with E-state index in [0.29, 0.717) is 22.9 Å².